The number of benzene rings is 1. The summed E-state index contributed by atoms with van der Waals surface area (Å²) >= 11 is 0. The SMILES string of the molecule is CC(C)CNC(N)=NCc1cccc(CN(C)C)c1. The molecule has 1 rings (SSSR count). The number of aliphatic imine (C=N–C) groups is 1. The highest BCUT2D eigenvalue weighted by atomic mass is 15.1. The van der Waals surface area contributed by atoms with Crippen LogP contribution in [0.3, 0.4) is 0 Å². The number of nitrogens with zero attached hydrogens (tertiary/aromatic N) is 2. The van der Waals surface area contributed by atoms with E-state index in [1.54, 1.807) is 0 Å². The van der Waals surface area contributed by atoms with Crippen molar-refractivity contribution in [3.63, 3.8) is 0 Å². The monoisotopic (exact) mass is 262 g/mol. The molecule has 0 fully saturated rings. The number of hydrogen-bond acceptors (Lipinski definition) is 2. The highest BCUT2D eigenvalue weighted by molar-refractivity contribution is 5.77. The summed E-state index contributed by atoms with van der Waals surface area (Å²) in [6.45, 7) is 6.71. The van der Waals surface area contributed by atoms with Crippen LogP contribution in [-0.2, 0) is 13.1 Å². The van der Waals surface area contributed by atoms with Gasteiger partial charge in [-0.1, -0.05) is 38.1 Å². The number of hydrogen-bond donors (Lipinski definition) is 2. The van der Waals surface area contributed by atoms with Gasteiger partial charge in [-0.3, -0.25) is 0 Å². The zero-order valence-corrected chi connectivity index (χ0v) is 12.5. The van der Waals surface area contributed by atoms with Crippen LogP contribution in [0.5, 0.6) is 0 Å². The Labute approximate surface area is 116 Å². The second-order valence-electron chi connectivity index (χ2n) is 5.53. The minimum absolute atomic E-state index is 0.520. The summed E-state index contributed by atoms with van der Waals surface area (Å²) in [5, 5.41) is 3.12. The van der Waals surface area contributed by atoms with E-state index in [-0.39, 0.29) is 0 Å². The maximum atomic E-state index is 5.82. The summed E-state index contributed by atoms with van der Waals surface area (Å²) in [7, 11) is 4.14. The maximum Gasteiger partial charge on any atom is 0.188 e. The molecule has 0 bridgehead atoms. The van der Waals surface area contributed by atoms with E-state index >= 15 is 0 Å². The highest BCUT2D eigenvalue weighted by Crippen LogP contribution is 2.08. The molecule has 0 amide bonds. The van der Waals surface area contributed by atoms with Gasteiger partial charge in [-0.2, -0.15) is 0 Å². The molecule has 106 valence electrons. The predicted molar refractivity (Wildman–Crippen MR) is 82.0 cm³/mol. The van der Waals surface area contributed by atoms with Crippen molar-refractivity contribution < 1.29 is 0 Å². The lowest BCUT2D eigenvalue weighted by Crippen LogP contribution is -2.34. The van der Waals surface area contributed by atoms with Crippen LogP contribution in [0.25, 0.3) is 0 Å². The van der Waals surface area contributed by atoms with E-state index in [0.717, 1.165) is 13.1 Å². The predicted octanol–water partition coefficient (Wildman–Crippen LogP) is 1.81. The van der Waals surface area contributed by atoms with Crippen LogP contribution in [0.2, 0.25) is 0 Å². The maximum absolute atomic E-state index is 5.82. The normalized spacial score (nSPS) is 12.2. The Balaban J connectivity index is 2.54. The molecule has 0 heterocycles. The fraction of sp³-hybridized carbons (Fsp3) is 0.533. The number of nitrogens with two attached hydrogens (primary N) is 1. The third-order valence-corrected chi connectivity index (χ3v) is 2.61. The van der Waals surface area contributed by atoms with Gasteiger partial charge in [-0.05, 0) is 31.1 Å². The summed E-state index contributed by atoms with van der Waals surface area (Å²) in [6, 6.07) is 8.46. The van der Waals surface area contributed by atoms with Gasteiger partial charge in [0, 0.05) is 13.1 Å². The molecule has 0 radical (unpaired) electrons. The molecule has 0 saturated heterocycles. The van der Waals surface area contributed by atoms with Crippen LogP contribution < -0.4 is 11.1 Å². The van der Waals surface area contributed by atoms with E-state index < -0.39 is 0 Å². The summed E-state index contributed by atoms with van der Waals surface area (Å²) < 4.78 is 0. The molecule has 4 nitrogen and oxygen atoms in total. The van der Waals surface area contributed by atoms with E-state index in [9.17, 15) is 0 Å². The molecule has 19 heavy (non-hydrogen) atoms. The Morgan fingerprint density at radius 2 is 2.00 bits per heavy atom. The molecule has 0 aliphatic heterocycles. The zero-order chi connectivity index (χ0) is 14.3. The molecule has 0 saturated carbocycles. The molecule has 0 spiro atoms. The average Bonchev–Trinajstić information content (AvgIpc) is 2.33. The first-order valence-electron chi connectivity index (χ1n) is 6.73. The minimum Gasteiger partial charge on any atom is -0.370 e. The molecule has 0 unspecified atom stereocenters. The number of nitrogens with one attached hydrogen (secondary N) is 1. The molecular formula is C15H26N4. The molecule has 0 aliphatic carbocycles. The molecule has 1 aromatic carbocycles. The van der Waals surface area contributed by atoms with Crippen LogP contribution in [0.1, 0.15) is 25.0 Å². The smallest absolute Gasteiger partial charge is 0.188 e. The van der Waals surface area contributed by atoms with E-state index in [1.165, 1.54) is 11.1 Å². The van der Waals surface area contributed by atoms with Gasteiger partial charge in [0.1, 0.15) is 0 Å². The lowest BCUT2D eigenvalue weighted by atomic mass is 10.1. The lowest BCUT2D eigenvalue weighted by Gasteiger charge is -2.11. The lowest BCUT2D eigenvalue weighted by molar-refractivity contribution is 0.402. The van der Waals surface area contributed by atoms with Crippen molar-refractivity contribution in [2.45, 2.75) is 26.9 Å². The zero-order valence-electron chi connectivity index (χ0n) is 12.5. The number of guanidine groups is 1. The van der Waals surface area contributed by atoms with Crippen molar-refractivity contribution in [1.82, 2.24) is 10.2 Å². The summed E-state index contributed by atoms with van der Waals surface area (Å²) in [6.07, 6.45) is 0. The molecule has 0 atom stereocenters. The van der Waals surface area contributed by atoms with Crippen LogP contribution in [0, 0.1) is 5.92 Å². The summed E-state index contributed by atoms with van der Waals surface area (Å²) in [5.74, 6) is 1.09. The fourth-order valence-corrected chi connectivity index (χ4v) is 1.73. The van der Waals surface area contributed by atoms with Crippen molar-refractivity contribution in [2.24, 2.45) is 16.6 Å². The second-order valence-corrected chi connectivity index (χ2v) is 5.53. The van der Waals surface area contributed by atoms with Crippen molar-refractivity contribution in [3.8, 4) is 0 Å². The Morgan fingerprint density at radius 1 is 1.32 bits per heavy atom. The van der Waals surface area contributed by atoms with Gasteiger partial charge in [0.15, 0.2) is 5.96 Å². The quantitative estimate of drug-likeness (QED) is 0.607. The van der Waals surface area contributed by atoms with Crippen LogP contribution in [0.15, 0.2) is 29.3 Å². The van der Waals surface area contributed by atoms with Gasteiger partial charge in [0.25, 0.3) is 0 Å². The van der Waals surface area contributed by atoms with Crippen molar-refractivity contribution in [3.05, 3.63) is 35.4 Å². The van der Waals surface area contributed by atoms with Gasteiger partial charge >= 0.3 is 0 Å². The van der Waals surface area contributed by atoms with Gasteiger partial charge in [0.2, 0.25) is 0 Å². The van der Waals surface area contributed by atoms with E-state index in [4.69, 9.17) is 5.73 Å². The largest absolute Gasteiger partial charge is 0.370 e. The van der Waals surface area contributed by atoms with Crippen LogP contribution in [-0.4, -0.2) is 31.5 Å². The molecular weight excluding hydrogens is 236 g/mol. The van der Waals surface area contributed by atoms with Crippen LogP contribution >= 0.6 is 0 Å². The van der Waals surface area contributed by atoms with Gasteiger partial charge < -0.3 is 16.0 Å². The summed E-state index contributed by atoms with van der Waals surface area (Å²) in [5.41, 5.74) is 8.31. The van der Waals surface area contributed by atoms with Crippen molar-refractivity contribution in [1.29, 1.82) is 0 Å². The third kappa shape index (κ3) is 6.82. The van der Waals surface area contributed by atoms with Gasteiger partial charge in [-0.25, -0.2) is 4.99 Å². The van der Waals surface area contributed by atoms with Gasteiger partial charge in [-0.15, -0.1) is 0 Å². The number of rotatable bonds is 6. The minimum atomic E-state index is 0.520. The first-order valence-corrected chi connectivity index (χ1v) is 6.73. The molecule has 4 heteroatoms. The molecule has 0 aliphatic rings. The third-order valence-electron chi connectivity index (χ3n) is 2.61. The van der Waals surface area contributed by atoms with Crippen molar-refractivity contribution >= 4 is 5.96 Å². The summed E-state index contributed by atoms with van der Waals surface area (Å²) in [4.78, 5) is 6.51. The Morgan fingerprint density at radius 3 is 2.63 bits per heavy atom. The first kappa shape index (κ1) is 15.5. The Bertz CT molecular complexity index is 410. The van der Waals surface area contributed by atoms with E-state index in [0.29, 0.717) is 18.4 Å². The fourth-order valence-electron chi connectivity index (χ4n) is 1.73. The molecule has 0 aromatic heterocycles. The average molecular weight is 262 g/mol. The van der Waals surface area contributed by atoms with Gasteiger partial charge in [0.05, 0.1) is 6.54 Å². The first-order chi connectivity index (χ1) is 8.97. The molecule has 1 aromatic rings. The molecule has 3 N–H and O–H groups in total. The topological polar surface area (TPSA) is 53.6 Å². The van der Waals surface area contributed by atoms with E-state index in [2.05, 4.69) is 67.4 Å². The second kappa shape index (κ2) is 7.79. The standard InChI is InChI=1S/C15H26N4/c1-12(2)9-17-15(16)18-10-13-6-5-7-14(8-13)11-19(3)4/h5-8,12H,9-11H2,1-4H3,(H3,16,17,18). The van der Waals surface area contributed by atoms with E-state index in [1.807, 2.05) is 0 Å². The van der Waals surface area contributed by atoms with Crippen molar-refractivity contribution in [2.75, 3.05) is 20.6 Å². The highest BCUT2D eigenvalue weighted by Gasteiger charge is 1.99. The Hall–Kier alpha value is -1.55. The Kier molecular flexibility index (Phi) is 6.36. The van der Waals surface area contributed by atoms with Crippen LogP contribution in [0.4, 0.5) is 0 Å².